The Hall–Kier alpha value is 0.210. The Bertz CT molecular complexity index is 223. The van der Waals surface area contributed by atoms with E-state index in [-0.39, 0.29) is 0 Å². The minimum absolute atomic E-state index is 0.471. The molecule has 3 heteroatoms. The van der Waals surface area contributed by atoms with Crippen molar-refractivity contribution in [1.82, 2.24) is 4.90 Å². The molecule has 1 saturated carbocycles. The third kappa shape index (κ3) is 5.46. The van der Waals surface area contributed by atoms with Gasteiger partial charge in [-0.3, -0.25) is 0 Å². The van der Waals surface area contributed by atoms with Gasteiger partial charge in [-0.1, -0.05) is 27.2 Å². The van der Waals surface area contributed by atoms with Gasteiger partial charge < -0.3 is 9.64 Å². The standard InChI is InChI=1S/C15H30ClNO/c1-12(2)14-6-5-13(3)11-15(14)18-10-9-17(4)8-7-16/h12-15H,5-11H2,1-4H3. The molecule has 18 heavy (non-hydrogen) atoms. The molecule has 0 heterocycles. The number of hydrogen-bond donors (Lipinski definition) is 0. The van der Waals surface area contributed by atoms with E-state index in [9.17, 15) is 0 Å². The van der Waals surface area contributed by atoms with E-state index >= 15 is 0 Å². The van der Waals surface area contributed by atoms with Gasteiger partial charge in [0.05, 0.1) is 12.7 Å². The molecule has 3 unspecified atom stereocenters. The molecule has 1 fully saturated rings. The molecule has 0 aliphatic heterocycles. The van der Waals surface area contributed by atoms with Crippen molar-refractivity contribution in [2.45, 2.75) is 46.1 Å². The van der Waals surface area contributed by atoms with Gasteiger partial charge in [0.1, 0.15) is 0 Å². The Balaban J connectivity index is 2.32. The maximum atomic E-state index is 6.16. The minimum atomic E-state index is 0.471. The number of nitrogens with zero attached hydrogens (tertiary/aromatic N) is 1. The highest BCUT2D eigenvalue weighted by atomic mass is 35.5. The van der Waals surface area contributed by atoms with Crippen molar-refractivity contribution < 1.29 is 4.74 Å². The van der Waals surface area contributed by atoms with Crippen LogP contribution in [0.5, 0.6) is 0 Å². The van der Waals surface area contributed by atoms with Gasteiger partial charge in [0.25, 0.3) is 0 Å². The van der Waals surface area contributed by atoms with Crippen molar-refractivity contribution in [1.29, 1.82) is 0 Å². The van der Waals surface area contributed by atoms with Crippen LogP contribution in [-0.2, 0) is 4.74 Å². The predicted octanol–water partition coefficient (Wildman–Crippen LogP) is 3.63. The highest BCUT2D eigenvalue weighted by Crippen LogP contribution is 2.35. The van der Waals surface area contributed by atoms with Crippen LogP contribution in [0.2, 0.25) is 0 Å². The number of ether oxygens (including phenoxy) is 1. The molecule has 0 spiro atoms. The predicted molar refractivity (Wildman–Crippen MR) is 79.3 cm³/mol. The molecule has 0 bridgehead atoms. The highest BCUT2D eigenvalue weighted by Gasteiger charge is 2.31. The van der Waals surface area contributed by atoms with Crippen LogP contribution in [0.25, 0.3) is 0 Å². The van der Waals surface area contributed by atoms with E-state index in [0.717, 1.165) is 37.5 Å². The average Bonchev–Trinajstić information content (AvgIpc) is 2.29. The zero-order valence-corrected chi connectivity index (χ0v) is 13.2. The molecule has 1 rings (SSSR count). The van der Waals surface area contributed by atoms with E-state index in [4.69, 9.17) is 16.3 Å². The van der Waals surface area contributed by atoms with Crippen molar-refractivity contribution in [3.8, 4) is 0 Å². The fourth-order valence-electron chi connectivity index (χ4n) is 2.92. The summed E-state index contributed by atoms with van der Waals surface area (Å²) in [6, 6.07) is 0. The van der Waals surface area contributed by atoms with Crippen LogP contribution >= 0.6 is 11.6 Å². The summed E-state index contributed by atoms with van der Waals surface area (Å²) < 4.78 is 6.16. The molecule has 1 aliphatic carbocycles. The van der Waals surface area contributed by atoms with Gasteiger partial charge >= 0.3 is 0 Å². The first-order valence-corrected chi connectivity index (χ1v) is 7.94. The van der Waals surface area contributed by atoms with E-state index in [1.54, 1.807) is 0 Å². The topological polar surface area (TPSA) is 12.5 Å². The van der Waals surface area contributed by atoms with Crippen LogP contribution in [0.1, 0.15) is 40.0 Å². The number of alkyl halides is 1. The quantitative estimate of drug-likeness (QED) is 0.658. The van der Waals surface area contributed by atoms with Crippen LogP contribution < -0.4 is 0 Å². The Morgan fingerprint density at radius 2 is 2.00 bits per heavy atom. The van der Waals surface area contributed by atoms with E-state index in [2.05, 4.69) is 32.7 Å². The third-order valence-corrected chi connectivity index (χ3v) is 4.40. The lowest BCUT2D eigenvalue weighted by Crippen LogP contribution is -2.36. The van der Waals surface area contributed by atoms with Crippen LogP contribution in [0, 0.1) is 17.8 Å². The lowest BCUT2D eigenvalue weighted by Gasteiger charge is -2.37. The number of hydrogen-bond acceptors (Lipinski definition) is 2. The molecule has 0 amide bonds. The van der Waals surface area contributed by atoms with Crippen molar-refractivity contribution in [2.75, 3.05) is 32.6 Å². The zero-order chi connectivity index (χ0) is 13.5. The molecular formula is C15H30ClNO. The van der Waals surface area contributed by atoms with Gasteiger partial charge in [-0.05, 0) is 37.6 Å². The molecule has 1 aliphatic rings. The minimum Gasteiger partial charge on any atom is -0.377 e. The van der Waals surface area contributed by atoms with E-state index < -0.39 is 0 Å². The second-order valence-electron chi connectivity index (χ2n) is 6.23. The van der Waals surface area contributed by atoms with Crippen LogP contribution in [0.4, 0.5) is 0 Å². The Morgan fingerprint density at radius 3 is 2.61 bits per heavy atom. The second-order valence-corrected chi connectivity index (χ2v) is 6.61. The van der Waals surface area contributed by atoms with Gasteiger partial charge in [0.15, 0.2) is 0 Å². The summed E-state index contributed by atoms with van der Waals surface area (Å²) in [5.74, 6) is 3.01. The van der Waals surface area contributed by atoms with Crippen LogP contribution in [0.3, 0.4) is 0 Å². The largest absolute Gasteiger partial charge is 0.377 e. The lowest BCUT2D eigenvalue weighted by atomic mass is 9.75. The van der Waals surface area contributed by atoms with E-state index in [0.29, 0.717) is 12.0 Å². The summed E-state index contributed by atoms with van der Waals surface area (Å²) in [7, 11) is 2.11. The first-order valence-electron chi connectivity index (χ1n) is 7.40. The second kappa shape index (κ2) is 8.39. The molecule has 2 nitrogen and oxygen atoms in total. The van der Waals surface area contributed by atoms with Gasteiger partial charge in [0, 0.05) is 19.0 Å². The maximum Gasteiger partial charge on any atom is 0.0608 e. The third-order valence-electron chi connectivity index (χ3n) is 4.23. The fourth-order valence-corrected chi connectivity index (χ4v) is 3.21. The summed E-state index contributed by atoms with van der Waals surface area (Å²) >= 11 is 5.73. The first-order chi connectivity index (χ1) is 8.54. The Morgan fingerprint density at radius 1 is 1.28 bits per heavy atom. The highest BCUT2D eigenvalue weighted by molar-refractivity contribution is 6.18. The van der Waals surface area contributed by atoms with Gasteiger partial charge in [-0.15, -0.1) is 11.6 Å². The summed E-state index contributed by atoms with van der Waals surface area (Å²) in [4.78, 5) is 2.24. The van der Waals surface area contributed by atoms with Gasteiger partial charge in [-0.2, -0.15) is 0 Å². The summed E-state index contributed by atoms with van der Waals surface area (Å²) in [6.07, 6.45) is 4.41. The maximum absolute atomic E-state index is 6.16. The van der Waals surface area contributed by atoms with E-state index in [1.807, 2.05) is 0 Å². The van der Waals surface area contributed by atoms with Crippen LogP contribution in [0.15, 0.2) is 0 Å². The molecule has 0 N–H and O–H groups in total. The van der Waals surface area contributed by atoms with Crippen LogP contribution in [-0.4, -0.2) is 43.6 Å². The zero-order valence-electron chi connectivity index (χ0n) is 12.5. The van der Waals surface area contributed by atoms with Gasteiger partial charge in [0.2, 0.25) is 0 Å². The normalized spacial score (nSPS) is 29.2. The summed E-state index contributed by atoms with van der Waals surface area (Å²) in [5.41, 5.74) is 0. The van der Waals surface area contributed by atoms with Crippen molar-refractivity contribution in [3.05, 3.63) is 0 Å². The molecular weight excluding hydrogens is 246 g/mol. The average molecular weight is 276 g/mol. The van der Waals surface area contributed by atoms with E-state index in [1.165, 1.54) is 19.3 Å². The first kappa shape index (κ1) is 16.3. The summed E-state index contributed by atoms with van der Waals surface area (Å²) in [6.45, 7) is 9.79. The fraction of sp³-hybridized carbons (Fsp3) is 1.00. The number of rotatable bonds is 7. The summed E-state index contributed by atoms with van der Waals surface area (Å²) in [5, 5.41) is 0. The van der Waals surface area contributed by atoms with Crippen molar-refractivity contribution in [3.63, 3.8) is 0 Å². The Labute approximate surface area is 118 Å². The molecule has 0 aromatic carbocycles. The van der Waals surface area contributed by atoms with Crippen molar-refractivity contribution in [2.24, 2.45) is 17.8 Å². The van der Waals surface area contributed by atoms with Crippen molar-refractivity contribution >= 4 is 11.6 Å². The SMILES string of the molecule is CC1CCC(C(C)C)C(OCCN(C)CCCl)C1. The molecule has 0 aromatic rings. The van der Waals surface area contributed by atoms with Gasteiger partial charge in [-0.25, -0.2) is 0 Å². The number of halogens is 1. The molecule has 108 valence electrons. The monoisotopic (exact) mass is 275 g/mol. The molecule has 0 aromatic heterocycles. The smallest absolute Gasteiger partial charge is 0.0608 e. The lowest BCUT2D eigenvalue weighted by molar-refractivity contribution is -0.0426. The Kier molecular flexibility index (Phi) is 7.59. The molecule has 0 radical (unpaired) electrons. The molecule has 0 saturated heterocycles. The number of likely N-dealkylation sites (N-methyl/N-ethyl adjacent to an activating group) is 1. The molecule has 3 atom stereocenters.